The quantitative estimate of drug-likeness (QED) is 0.274. The van der Waals surface area contributed by atoms with Gasteiger partial charge in [-0.1, -0.05) is 83.1 Å². The van der Waals surface area contributed by atoms with Crippen LogP contribution in [0.4, 0.5) is 0 Å². The summed E-state index contributed by atoms with van der Waals surface area (Å²) in [6, 6.07) is 0. The second-order valence-electron chi connectivity index (χ2n) is 17.1. The van der Waals surface area contributed by atoms with Crippen LogP contribution in [-0.2, 0) is 28.7 Å². The summed E-state index contributed by atoms with van der Waals surface area (Å²) in [4.78, 5) is 50.2. The summed E-state index contributed by atoms with van der Waals surface area (Å²) in [6.45, 7) is 28.0. The zero-order valence-corrected chi connectivity index (χ0v) is 34.2. The van der Waals surface area contributed by atoms with Crippen molar-refractivity contribution in [2.24, 2.45) is 71.0 Å². The van der Waals surface area contributed by atoms with Crippen LogP contribution in [0.2, 0.25) is 0 Å². The molecule has 0 spiro atoms. The van der Waals surface area contributed by atoms with Crippen LogP contribution in [0.25, 0.3) is 0 Å². The number of ether oxygens (including phenoxy) is 2. The van der Waals surface area contributed by atoms with Gasteiger partial charge in [0.2, 0.25) is 0 Å². The minimum Gasteiger partial charge on any atom is -0.462 e. The van der Waals surface area contributed by atoms with Crippen molar-refractivity contribution in [3.8, 4) is 0 Å². The summed E-state index contributed by atoms with van der Waals surface area (Å²) >= 11 is 0. The number of rotatable bonds is 2. The van der Waals surface area contributed by atoms with Gasteiger partial charge in [-0.2, -0.15) is 0 Å². The van der Waals surface area contributed by atoms with Gasteiger partial charge in [-0.05, 0) is 100 Å². The highest BCUT2D eigenvalue weighted by Crippen LogP contribution is 2.33. The Morgan fingerprint density at radius 1 is 0.540 bits per heavy atom. The van der Waals surface area contributed by atoms with Crippen LogP contribution in [0.3, 0.4) is 0 Å². The Morgan fingerprint density at radius 3 is 1.46 bits per heavy atom. The van der Waals surface area contributed by atoms with Gasteiger partial charge in [0.1, 0.15) is 23.8 Å². The van der Waals surface area contributed by atoms with Gasteiger partial charge < -0.3 is 19.7 Å². The molecule has 0 unspecified atom stereocenters. The molecule has 0 aromatic heterocycles. The highest BCUT2D eigenvalue weighted by Gasteiger charge is 2.36. The van der Waals surface area contributed by atoms with E-state index in [1.54, 1.807) is 13.8 Å². The van der Waals surface area contributed by atoms with Crippen LogP contribution >= 0.6 is 0 Å². The van der Waals surface area contributed by atoms with Crippen LogP contribution in [0, 0.1) is 71.0 Å². The van der Waals surface area contributed by atoms with E-state index in [0.29, 0.717) is 29.8 Å². The summed E-state index contributed by atoms with van der Waals surface area (Å²) in [5, 5.41) is 21.2. The number of Topliss-reactive ketones (excluding diaryl/α,β-unsaturated/α-hetero) is 2. The number of cyclic esters (lactones) is 2. The van der Waals surface area contributed by atoms with Crippen molar-refractivity contribution < 1.29 is 38.9 Å². The lowest BCUT2D eigenvalue weighted by atomic mass is 9.76. The van der Waals surface area contributed by atoms with Crippen LogP contribution in [-0.4, -0.2) is 58.1 Å². The van der Waals surface area contributed by atoms with Crippen molar-refractivity contribution in [1.82, 2.24) is 0 Å². The van der Waals surface area contributed by atoms with E-state index in [4.69, 9.17) is 9.47 Å². The third kappa shape index (κ3) is 13.6. The molecule has 0 saturated carbocycles. The Bertz CT molecular complexity index is 1060. The molecular weight excluding hydrogens is 632 g/mol. The summed E-state index contributed by atoms with van der Waals surface area (Å²) in [5.41, 5.74) is 0. The topological polar surface area (TPSA) is 127 Å². The molecule has 2 saturated heterocycles. The molecule has 0 aromatic carbocycles. The van der Waals surface area contributed by atoms with Crippen LogP contribution in [0.5, 0.6) is 0 Å². The maximum absolute atomic E-state index is 12.7. The van der Waals surface area contributed by atoms with E-state index < -0.39 is 24.0 Å². The number of carbonyl (C=O) groups is 4. The Morgan fingerprint density at radius 2 is 0.980 bits per heavy atom. The molecule has 2 heterocycles. The van der Waals surface area contributed by atoms with Crippen LogP contribution < -0.4 is 0 Å². The summed E-state index contributed by atoms with van der Waals surface area (Å²) in [6.07, 6.45) is 4.14. The molecule has 292 valence electrons. The van der Waals surface area contributed by atoms with Crippen LogP contribution in [0.1, 0.15) is 148 Å². The lowest BCUT2D eigenvalue weighted by molar-refractivity contribution is -0.163. The van der Waals surface area contributed by atoms with Gasteiger partial charge in [0.25, 0.3) is 0 Å². The smallest absolute Gasteiger partial charge is 0.311 e. The van der Waals surface area contributed by atoms with Gasteiger partial charge in [-0.3, -0.25) is 19.2 Å². The molecule has 50 heavy (non-hydrogen) atoms. The predicted octanol–water partition coefficient (Wildman–Crippen LogP) is 8.48. The average Bonchev–Trinajstić information content (AvgIpc) is 3.07. The minimum absolute atomic E-state index is 0.00211. The molecule has 8 heteroatoms. The van der Waals surface area contributed by atoms with Gasteiger partial charge >= 0.3 is 11.9 Å². The van der Waals surface area contributed by atoms with Crippen molar-refractivity contribution in [3.05, 3.63) is 0 Å². The lowest BCUT2D eigenvalue weighted by Crippen LogP contribution is -2.39. The number of carbonyl (C=O) groups excluding carboxylic acids is 4. The van der Waals surface area contributed by atoms with Crippen LogP contribution in [0.15, 0.2) is 0 Å². The fraction of sp³-hybridized carbons (Fsp3) is 0.905. The summed E-state index contributed by atoms with van der Waals surface area (Å²) in [5.74, 6) is 0.0303. The third-order valence-electron chi connectivity index (χ3n) is 12.6. The number of hydrogen-bond donors (Lipinski definition) is 2. The minimum atomic E-state index is -0.727. The number of esters is 2. The van der Waals surface area contributed by atoms with E-state index in [9.17, 15) is 29.4 Å². The maximum Gasteiger partial charge on any atom is 0.311 e. The zero-order chi connectivity index (χ0) is 38.6. The molecule has 0 aromatic rings. The molecule has 2 N–H and O–H groups in total. The largest absolute Gasteiger partial charge is 0.462 e. The zero-order valence-electron chi connectivity index (χ0n) is 34.2. The molecule has 0 amide bonds. The van der Waals surface area contributed by atoms with Crippen molar-refractivity contribution in [1.29, 1.82) is 0 Å². The van der Waals surface area contributed by atoms with E-state index in [1.807, 2.05) is 62.3 Å². The van der Waals surface area contributed by atoms with Crippen molar-refractivity contribution >= 4 is 23.5 Å². The number of hydrogen-bond acceptors (Lipinski definition) is 8. The molecule has 0 radical (unpaired) electrons. The van der Waals surface area contributed by atoms with E-state index in [1.165, 1.54) is 0 Å². The Kier molecular flexibility index (Phi) is 20.0. The number of ketones is 2. The summed E-state index contributed by atoms with van der Waals surface area (Å²) in [7, 11) is 0. The van der Waals surface area contributed by atoms with Crippen molar-refractivity contribution in [2.45, 2.75) is 173 Å². The van der Waals surface area contributed by atoms with E-state index >= 15 is 0 Å². The molecule has 2 fully saturated rings. The van der Waals surface area contributed by atoms with Gasteiger partial charge in [0, 0.05) is 24.2 Å². The first-order chi connectivity index (χ1) is 23.2. The monoisotopic (exact) mass is 709 g/mol. The van der Waals surface area contributed by atoms with Crippen molar-refractivity contribution in [3.63, 3.8) is 0 Å². The molecule has 8 nitrogen and oxygen atoms in total. The standard InChI is InChI=1S/2C21H38O4/c1-8-18-13(3)11-16(6)19(22)14(4)9-12(2)10-15(5)20(23)17(7)21(24)25-18;1-8-19-14(4)11-13(3)18(22)10-9-12(2)15(5)16(6)20(23)17(7)21(24)25-19/h12-18,20,23H,8-11H2,1-7H3;12-17,19-20,23H,8-11H2,1-7H3/t12-,13+,14+,15+,16+,17+,18+,20-;12-,13+,14+,15-,16+,17+,19+,20-/m00/s1. The highest BCUT2D eigenvalue weighted by atomic mass is 16.5. The van der Waals surface area contributed by atoms with E-state index in [2.05, 4.69) is 20.8 Å². The summed E-state index contributed by atoms with van der Waals surface area (Å²) < 4.78 is 11.4. The Hall–Kier alpha value is -1.80. The molecule has 0 aliphatic carbocycles. The highest BCUT2D eigenvalue weighted by molar-refractivity contribution is 5.83. The lowest BCUT2D eigenvalue weighted by Gasteiger charge is -2.34. The second kappa shape index (κ2) is 21.7. The predicted molar refractivity (Wildman–Crippen MR) is 200 cm³/mol. The molecule has 16 atom stereocenters. The first-order valence-corrected chi connectivity index (χ1v) is 20.0. The van der Waals surface area contributed by atoms with Gasteiger partial charge in [0.05, 0.1) is 24.0 Å². The van der Waals surface area contributed by atoms with Crippen molar-refractivity contribution in [2.75, 3.05) is 0 Å². The molecular formula is C42H76O8. The Labute approximate surface area is 305 Å². The van der Waals surface area contributed by atoms with Gasteiger partial charge in [-0.15, -0.1) is 0 Å². The van der Waals surface area contributed by atoms with Gasteiger partial charge in [-0.25, -0.2) is 0 Å². The molecule has 2 aliphatic heterocycles. The SMILES string of the molecule is CC[C@H]1OC(=O)[C@H](C)[C@@H](O)[C@H](C)C[C@@H](C)C[C@@H](C)C(=O)[C@H](C)C[C@H]1C.CC[C@H]1OC(=O)[C@H](C)[C@@H](O)[C@H](C)[C@@H](C)[C@@H](C)CCC(=O)[C@H](C)C[C@H]1C. The first kappa shape index (κ1) is 46.2. The first-order valence-electron chi connectivity index (χ1n) is 20.0. The van der Waals surface area contributed by atoms with Gasteiger partial charge in [0.15, 0.2) is 0 Å². The Balaban J connectivity index is 0.000000500. The molecule has 2 aliphatic rings. The molecule has 2 rings (SSSR count). The number of aliphatic hydroxyl groups is 2. The normalized spacial score (nSPS) is 42.6. The molecule has 0 bridgehead atoms. The fourth-order valence-electron chi connectivity index (χ4n) is 8.39. The average molecular weight is 709 g/mol. The maximum atomic E-state index is 12.7. The fourth-order valence-corrected chi connectivity index (χ4v) is 8.39. The van der Waals surface area contributed by atoms with E-state index in [-0.39, 0.29) is 71.5 Å². The third-order valence-corrected chi connectivity index (χ3v) is 12.6. The van der Waals surface area contributed by atoms with E-state index in [0.717, 1.165) is 44.9 Å². The second-order valence-corrected chi connectivity index (χ2v) is 17.1. The number of aliphatic hydroxyl groups excluding tert-OH is 2.